The number of hydrogen-bond acceptors (Lipinski definition) is 3. The van der Waals surface area contributed by atoms with Crippen molar-refractivity contribution in [2.75, 3.05) is 6.61 Å². The molecule has 0 amide bonds. The largest absolute Gasteiger partial charge is 0.467 e. The lowest BCUT2D eigenvalue weighted by Crippen LogP contribution is -2.21. The van der Waals surface area contributed by atoms with E-state index in [4.69, 9.17) is 13.9 Å². The molecule has 1 aliphatic rings. The van der Waals surface area contributed by atoms with Gasteiger partial charge in [0.25, 0.3) is 0 Å². The molecule has 1 fully saturated rings. The fourth-order valence-electron chi connectivity index (χ4n) is 3.75. The van der Waals surface area contributed by atoms with E-state index in [1.807, 2.05) is 66.7 Å². The number of ether oxygens (including phenoxy) is 2. The molecule has 4 heteroatoms. The van der Waals surface area contributed by atoms with E-state index in [1.165, 1.54) is 0 Å². The minimum atomic E-state index is -0.827. The van der Waals surface area contributed by atoms with Gasteiger partial charge in [-0.2, -0.15) is 0 Å². The predicted molar refractivity (Wildman–Crippen MR) is 102 cm³/mol. The highest BCUT2D eigenvalue weighted by Gasteiger charge is 2.37. The summed E-state index contributed by atoms with van der Waals surface area (Å²) in [5, 5.41) is 0. The summed E-state index contributed by atoms with van der Waals surface area (Å²) in [6.07, 6.45) is 2.22. The van der Waals surface area contributed by atoms with Crippen molar-refractivity contribution in [1.29, 1.82) is 0 Å². The number of furan rings is 1. The van der Waals surface area contributed by atoms with Crippen LogP contribution in [0, 0.1) is 5.92 Å². The minimum absolute atomic E-state index is 0.124. The van der Waals surface area contributed by atoms with Gasteiger partial charge in [0.15, 0.2) is 0 Å². The molecule has 0 aliphatic heterocycles. The molecule has 140 valence electrons. The first-order chi connectivity index (χ1) is 13.3. The molecule has 2 aromatic carbocycles. The molecule has 1 saturated carbocycles. The topological polar surface area (TPSA) is 31.6 Å². The molecule has 3 nitrogen and oxygen atoms in total. The molecule has 0 radical (unpaired) electrons. The monoisotopic (exact) mass is 366 g/mol. The maximum Gasteiger partial charge on any atom is 0.129 e. The first-order valence-electron chi connectivity index (χ1n) is 9.36. The Kier molecular flexibility index (Phi) is 5.54. The summed E-state index contributed by atoms with van der Waals surface area (Å²) in [6.45, 7) is 0.779. The van der Waals surface area contributed by atoms with Crippen LogP contribution < -0.4 is 4.74 Å². The Balaban J connectivity index is 1.38. The van der Waals surface area contributed by atoms with Crippen molar-refractivity contribution in [3.05, 3.63) is 84.3 Å². The summed E-state index contributed by atoms with van der Waals surface area (Å²) in [6, 6.07) is 21.4. The Morgan fingerprint density at radius 2 is 1.67 bits per heavy atom. The van der Waals surface area contributed by atoms with E-state index >= 15 is 0 Å². The molecule has 3 atom stereocenters. The second-order valence-corrected chi connectivity index (χ2v) is 6.94. The molecule has 0 bridgehead atoms. The third-order valence-electron chi connectivity index (χ3n) is 5.16. The molecular weight excluding hydrogens is 343 g/mol. The summed E-state index contributed by atoms with van der Waals surface area (Å²) in [5.74, 6) is 2.40. The smallest absolute Gasteiger partial charge is 0.129 e. The maximum atomic E-state index is 14.4. The van der Waals surface area contributed by atoms with E-state index in [-0.39, 0.29) is 11.8 Å². The minimum Gasteiger partial charge on any atom is -0.467 e. The van der Waals surface area contributed by atoms with Gasteiger partial charge in [-0.15, -0.1) is 0 Å². The van der Waals surface area contributed by atoms with Gasteiger partial charge in [0.05, 0.1) is 12.9 Å². The normalized spacial score (nSPS) is 22.0. The van der Waals surface area contributed by atoms with Crippen LogP contribution in [0.25, 0.3) is 0 Å². The third-order valence-corrected chi connectivity index (χ3v) is 5.16. The molecule has 4 rings (SSSR count). The van der Waals surface area contributed by atoms with Crippen molar-refractivity contribution < 1.29 is 18.3 Å². The fourth-order valence-corrected chi connectivity index (χ4v) is 3.75. The van der Waals surface area contributed by atoms with Gasteiger partial charge in [0.1, 0.15) is 30.0 Å². The quantitative estimate of drug-likeness (QED) is 0.505. The highest BCUT2D eigenvalue weighted by Crippen LogP contribution is 2.42. The van der Waals surface area contributed by atoms with Crippen molar-refractivity contribution in [1.82, 2.24) is 0 Å². The SMILES string of the molecule is FC1CCC(c2ccc(Oc3ccccc3)cc2)C1COCc1ccco1. The standard InChI is InChI=1S/C23H23FO3/c24-23-13-12-21(22(23)16-25-15-20-7-4-14-26-20)17-8-10-19(11-9-17)27-18-5-2-1-3-6-18/h1-11,14,21-23H,12-13,15-16H2. The molecule has 0 saturated heterocycles. The highest BCUT2D eigenvalue weighted by molar-refractivity contribution is 5.34. The van der Waals surface area contributed by atoms with Crippen LogP contribution in [0.5, 0.6) is 11.5 Å². The average Bonchev–Trinajstić information content (AvgIpc) is 3.34. The van der Waals surface area contributed by atoms with Crippen LogP contribution in [-0.4, -0.2) is 12.8 Å². The molecule has 3 unspecified atom stereocenters. The van der Waals surface area contributed by atoms with Gasteiger partial charge in [0.2, 0.25) is 0 Å². The Bertz CT molecular complexity index is 815. The number of halogens is 1. The van der Waals surface area contributed by atoms with Crippen LogP contribution in [0.4, 0.5) is 4.39 Å². The van der Waals surface area contributed by atoms with Crippen LogP contribution in [0.2, 0.25) is 0 Å². The van der Waals surface area contributed by atoms with Crippen LogP contribution in [0.3, 0.4) is 0 Å². The van der Waals surface area contributed by atoms with Crippen molar-refractivity contribution >= 4 is 0 Å². The van der Waals surface area contributed by atoms with Crippen LogP contribution in [-0.2, 0) is 11.3 Å². The number of hydrogen-bond donors (Lipinski definition) is 0. The summed E-state index contributed by atoms with van der Waals surface area (Å²) in [7, 11) is 0. The first-order valence-corrected chi connectivity index (χ1v) is 9.36. The van der Waals surface area contributed by atoms with Gasteiger partial charge in [0, 0.05) is 5.92 Å². The molecular formula is C23H23FO3. The van der Waals surface area contributed by atoms with E-state index in [1.54, 1.807) is 6.26 Å². The Morgan fingerprint density at radius 3 is 2.41 bits per heavy atom. The second-order valence-electron chi connectivity index (χ2n) is 6.94. The van der Waals surface area contributed by atoms with Gasteiger partial charge in [-0.25, -0.2) is 4.39 Å². The van der Waals surface area contributed by atoms with Gasteiger partial charge in [-0.05, 0) is 60.7 Å². The van der Waals surface area contributed by atoms with E-state index in [0.717, 1.165) is 29.2 Å². The van der Waals surface area contributed by atoms with Gasteiger partial charge >= 0.3 is 0 Å². The fraction of sp³-hybridized carbons (Fsp3) is 0.304. The van der Waals surface area contributed by atoms with Crippen LogP contribution in [0.15, 0.2) is 77.4 Å². The van der Waals surface area contributed by atoms with Gasteiger partial charge in [-0.1, -0.05) is 30.3 Å². The lowest BCUT2D eigenvalue weighted by atomic mass is 9.89. The van der Waals surface area contributed by atoms with Gasteiger partial charge in [-0.3, -0.25) is 0 Å². The molecule has 1 aliphatic carbocycles. The molecule has 3 aromatic rings. The molecule has 27 heavy (non-hydrogen) atoms. The van der Waals surface area contributed by atoms with E-state index in [2.05, 4.69) is 0 Å². The third kappa shape index (κ3) is 4.40. The van der Waals surface area contributed by atoms with Crippen molar-refractivity contribution in [3.63, 3.8) is 0 Å². The zero-order chi connectivity index (χ0) is 18.5. The maximum absolute atomic E-state index is 14.4. The number of para-hydroxylation sites is 1. The Morgan fingerprint density at radius 1 is 0.889 bits per heavy atom. The number of alkyl halides is 1. The summed E-state index contributed by atoms with van der Waals surface area (Å²) < 4.78 is 31.3. The highest BCUT2D eigenvalue weighted by atomic mass is 19.1. The summed E-state index contributed by atoms with van der Waals surface area (Å²) >= 11 is 0. The summed E-state index contributed by atoms with van der Waals surface area (Å²) in [5.41, 5.74) is 1.14. The molecule has 1 aromatic heterocycles. The van der Waals surface area contributed by atoms with E-state index in [9.17, 15) is 4.39 Å². The lowest BCUT2D eigenvalue weighted by molar-refractivity contribution is 0.0506. The average molecular weight is 366 g/mol. The Hall–Kier alpha value is -2.59. The number of rotatable bonds is 7. The van der Waals surface area contributed by atoms with E-state index < -0.39 is 6.17 Å². The van der Waals surface area contributed by atoms with Crippen LogP contribution >= 0.6 is 0 Å². The predicted octanol–water partition coefficient (Wildman–Crippen LogP) is 6.12. The van der Waals surface area contributed by atoms with E-state index in [0.29, 0.717) is 19.6 Å². The van der Waals surface area contributed by atoms with Crippen molar-refractivity contribution in [2.24, 2.45) is 5.92 Å². The zero-order valence-electron chi connectivity index (χ0n) is 15.1. The first kappa shape index (κ1) is 17.8. The van der Waals surface area contributed by atoms with Crippen LogP contribution in [0.1, 0.15) is 30.1 Å². The zero-order valence-corrected chi connectivity index (χ0v) is 15.1. The second kappa shape index (κ2) is 8.40. The molecule has 1 heterocycles. The Labute approximate surface area is 158 Å². The van der Waals surface area contributed by atoms with Crippen molar-refractivity contribution in [2.45, 2.75) is 31.5 Å². The molecule has 0 spiro atoms. The molecule has 0 N–H and O–H groups in total. The van der Waals surface area contributed by atoms with Crippen molar-refractivity contribution in [3.8, 4) is 11.5 Å². The lowest BCUT2D eigenvalue weighted by Gasteiger charge is -2.21. The number of benzene rings is 2. The summed E-state index contributed by atoms with van der Waals surface area (Å²) in [4.78, 5) is 0. The van der Waals surface area contributed by atoms with Gasteiger partial charge < -0.3 is 13.9 Å².